The lowest BCUT2D eigenvalue weighted by Gasteiger charge is -2.35. The van der Waals surface area contributed by atoms with Crippen LogP contribution in [0.5, 0.6) is 5.75 Å². The maximum atomic E-state index is 13.3. The molecule has 1 aliphatic rings. The van der Waals surface area contributed by atoms with E-state index in [1.807, 2.05) is 18.2 Å². The first-order chi connectivity index (χ1) is 18.0. The van der Waals surface area contributed by atoms with Gasteiger partial charge in [-0.3, -0.25) is 9.59 Å². The Kier molecular flexibility index (Phi) is 6.84. The van der Waals surface area contributed by atoms with E-state index in [1.165, 1.54) is 24.3 Å². The van der Waals surface area contributed by atoms with Crippen LogP contribution in [0.2, 0.25) is 0 Å². The van der Waals surface area contributed by atoms with Crippen LogP contribution in [0.15, 0.2) is 49.1 Å². The number of benzene rings is 1. The Bertz CT molecular complexity index is 1410. The summed E-state index contributed by atoms with van der Waals surface area (Å²) in [5.41, 5.74) is 1.51. The number of nitrogens with one attached hydrogen (secondary N) is 1. The standard InChI is InChI=1S/C25H27N7O5/c1-36-14-19-28-15-32(29-19)23-21-20(18(37-2)13-27-23)17(12-26-21)22(33)25(35)31-10-8-30(9-11-31)24(34)16-6-4-3-5-7-16/h3-7,12-13,15,22,26,33H,8-11,14H2,1-2H3. The maximum absolute atomic E-state index is 13.3. The van der Waals surface area contributed by atoms with E-state index < -0.39 is 12.0 Å². The highest BCUT2D eigenvalue weighted by atomic mass is 16.5. The number of H-pyrrole nitrogens is 1. The first kappa shape index (κ1) is 24.4. The van der Waals surface area contributed by atoms with Crippen molar-refractivity contribution in [3.8, 4) is 11.6 Å². The molecule has 1 saturated heterocycles. The van der Waals surface area contributed by atoms with Gasteiger partial charge in [-0.05, 0) is 12.1 Å². The summed E-state index contributed by atoms with van der Waals surface area (Å²) in [4.78, 5) is 41.0. The van der Waals surface area contributed by atoms with Crippen LogP contribution >= 0.6 is 0 Å². The number of carbonyl (C=O) groups is 2. The van der Waals surface area contributed by atoms with Gasteiger partial charge in [0.25, 0.3) is 11.8 Å². The van der Waals surface area contributed by atoms with Crippen LogP contribution in [0.4, 0.5) is 0 Å². The minimum Gasteiger partial charge on any atom is -0.494 e. The smallest absolute Gasteiger partial charge is 0.256 e. The summed E-state index contributed by atoms with van der Waals surface area (Å²) < 4.78 is 12.1. The fourth-order valence-electron chi connectivity index (χ4n) is 4.47. The molecular formula is C25H27N7O5. The highest BCUT2D eigenvalue weighted by molar-refractivity contribution is 5.97. The van der Waals surface area contributed by atoms with Gasteiger partial charge in [-0.25, -0.2) is 14.6 Å². The second kappa shape index (κ2) is 10.4. The van der Waals surface area contributed by atoms with Crippen LogP contribution < -0.4 is 4.74 Å². The number of hydrogen-bond acceptors (Lipinski definition) is 8. The number of aromatic nitrogens is 5. The van der Waals surface area contributed by atoms with E-state index in [4.69, 9.17) is 9.47 Å². The van der Waals surface area contributed by atoms with Gasteiger partial charge in [0.15, 0.2) is 17.7 Å². The predicted molar refractivity (Wildman–Crippen MR) is 132 cm³/mol. The van der Waals surface area contributed by atoms with E-state index >= 15 is 0 Å². The molecule has 4 heterocycles. The number of pyridine rings is 1. The van der Waals surface area contributed by atoms with Crippen LogP contribution in [0.25, 0.3) is 16.7 Å². The monoisotopic (exact) mass is 505 g/mol. The zero-order chi connectivity index (χ0) is 25.9. The molecule has 0 radical (unpaired) electrons. The number of piperazine rings is 1. The lowest BCUT2D eigenvalue weighted by Crippen LogP contribution is -2.51. The molecule has 1 aliphatic heterocycles. The third-order valence-electron chi connectivity index (χ3n) is 6.36. The van der Waals surface area contributed by atoms with E-state index in [0.29, 0.717) is 65.6 Å². The number of methoxy groups -OCH3 is 2. The molecule has 1 aromatic carbocycles. The fraction of sp³-hybridized carbons (Fsp3) is 0.320. The highest BCUT2D eigenvalue weighted by Crippen LogP contribution is 2.35. The first-order valence-electron chi connectivity index (χ1n) is 11.8. The number of carbonyl (C=O) groups excluding carboxylic acids is 2. The Balaban J connectivity index is 1.36. The summed E-state index contributed by atoms with van der Waals surface area (Å²) in [6.07, 6.45) is 3.16. The highest BCUT2D eigenvalue weighted by Gasteiger charge is 2.31. The van der Waals surface area contributed by atoms with Gasteiger partial charge >= 0.3 is 0 Å². The van der Waals surface area contributed by atoms with Crippen molar-refractivity contribution in [2.75, 3.05) is 40.4 Å². The molecular weight excluding hydrogens is 478 g/mol. The largest absolute Gasteiger partial charge is 0.494 e. The second-order valence-electron chi connectivity index (χ2n) is 8.57. The number of aromatic amines is 1. The van der Waals surface area contributed by atoms with Crippen molar-refractivity contribution in [3.05, 3.63) is 66.0 Å². The lowest BCUT2D eigenvalue weighted by atomic mass is 10.1. The molecule has 192 valence electrons. The van der Waals surface area contributed by atoms with Crippen molar-refractivity contribution < 1.29 is 24.2 Å². The normalized spacial score (nSPS) is 14.7. The van der Waals surface area contributed by atoms with Crippen molar-refractivity contribution in [1.29, 1.82) is 0 Å². The van der Waals surface area contributed by atoms with Crippen molar-refractivity contribution in [1.82, 2.24) is 34.5 Å². The molecule has 1 unspecified atom stereocenters. The summed E-state index contributed by atoms with van der Waals surface area (Å²) in [6, 6.07) is 9.05. The number of aliphatic hydroxyl groups is 1. The van der Waals surface area contributed by atoms with Gasteiger partial charge in [0.05, 0.1) is 24.2 Å². The van der Waals surface area contributed by atoms with Crippen LogP contribution in [-0.4, -0.2) is 91.9 Å². The number of ether oxygens (including phenoxy) is 2. The van der Waals surface area contributed by atoms with Gasteiger partial charge < -0.3 is 29.4 Å². The average Bonchev–Trinajstić information content (AvgIpc) is 3.60. The summed E-state index contributed by atoms with van der Waals surface area (Å²) >= 11 is 0. The van der Waals surface area contributed by atoms with Gasteiger partial charge in [-0.2, -0.15) is 0 Å². The fourth-order valence-corrected chi connectivity index (χ4v) is 4.47. The van der Waals surface area contributed by atoms with E-state index in [-0.39, 0.29) is 12.5 Å². The molecule has 4 aromatic rings. The maximum Gasteiger partial charge on any atom is 0.256 e. The first-order valence-corrected chi connectivity index (χ1v) is 11.8. The van der Waals surface area contributed by atoms with Crippen molar-refractivity contribution in [2.45, 2.75) is 12.7 Å². The molecule has 12 heteroatoms. The molecule has 1 fully saturated rings. The minimum atomic E-state index is -1.44. The summed E-state index contributed by atoms with van der Waals surface area (Å²) in [7, 11) is 3.05. The van der Waals surface area contributed by atoms with Crippen molar-refractivity contribution in [2.24, 2.45) is 0 Å². The molecule has 2 N–H and O–H groups in total. The van der Waals surface area contributed by atoms with Crippen LogP contribution in [-0.2, 0) is 16.1 Å². The number of hydrogen-bond donors (Lipinski definition) is 2. The molecule has 3 aromatic heterocycles. The molecule has 0 saturated carbocycles. The van der Waals surface area contributed by atoms with Gasteiger partial charge in [0.1, 0.15) is 18.7 Å². The van der Waals surface area contributed by atoms with Crippen LogP contribution in [0.1, 0.15) is 27.8 Å². The quantitative estimate of drug-likeness (QED) is 0.383. The Morgan fingerprint density at radius 1 is 1.08 bits per heavy atom. The molecule has 0 aliphatic carbocycles. The molecule has 5 rings (SSSR count). The third kappa shape index (κ3) is 4.63. The van der Waals surface area contributed by atoms with Crippen LogP contribution in [0, 0.1) is 0 Å². The number of aliphatic hydroxyl groups excluding tert-OH is 1. The molecule has 2 amide bonds. The second-order valence-corrected chi connectivity index (χ2v) is 8.57. The Labute approximate surface area is 212 Å². The average molecular weight is 506 g/mol. The number of nitrogens with zero attached hydrogens (tertiary/aromatic N) is 6. The SMILES string of the molecule is COCc1ncn(-c2ncc(OC)c3c(C(O)C(=O)N4CCN(C(=O)c5ccccc5)CC4)c[nH]c23)n1. The molecule has 37 heavy (non-hydrogen) atoms. The Morgan fingerprint density at radius 3 is 2.51 bits per heavy atom. The Hall–Kier alpha value is -4.29. The van der Waals surface area contributed by atoms with Gasteiger partial charge in [0.2, 0.25) is 0 Å². The summed E-state index contributed by atoms with van der Waals surface area (Å²) in [5.74, 6) is 0.801. The number of fused-ring (bicyclic) bond motifs is 1. The predicted octanol–water partition coefficient (Wildman–Crippen LogP) is 1.32. The number of amides is 2. The zero-order valence-electron chi connectivity index (χ0n) is 20.5. The summed E-state index contributed by atoms with van der Waals surface area (Å²) in [6.45, 7) is 1.66. The van der Waals surface area contributed by atoms with E-state index in [9.17, 15) is 14.7 Å². The topological polar surface area (TPSA) is 139 Å². The molecule has 1 atom stereocenters. The van der Waals surface area contributed by atoms with E-state index in [2.05, 4.69) is 20.1 Å². The van der Waals surface area contributed by atoms with Gasteiger partial charge in [-0.1, -0.05) is 18.2 Å². The number of rotatable bonds is 7. The van der Waals surface area contributed by atoms with Crippen LogP contribution in [0.3, 0.4) is 0 Å². The minimum absolute atomic E-state index is 0.0728. The lowest BCUT2D eigenvalue weighted by molar-refractivity contribution is -0.142. The van der Waals surface area contributed by atoms with Crippen molar-refractivity contribution in [3.63, 3.8) is 0 Å². The Morgan fingerprint density at radius 2 is 1.81 bits per heavy atom. The molecule has 12 nitrogen and oxygen atoms in total. The van der Waals surface area contributed by atoms with E-state index in [0.717, 1.165) is 0 Å². The molecule has 0 bridgehead atoms. The molecule has 0 spiro atoms. The van der Waals surface area contributed by atoms with Gasteiger partial charge in [0, 0.05) is 50.6 Å². The zero-order valence-corrected chi connectivity index (χ0v) is 20.5. The van der Waals surface area contributed by atoms with Crippen molar-refractivity contribution >= 4 is 22.7 Å². The summed E-state index contributed by atoms with van der Waals surface area (Å²) in [5, 5.41) is 16.0. The third-order valence-corrected chi connectivity index (χ3v) is 6.36. The van der Waals surface area contributed by atoms with Gasteiger partial charge in [-0.15, -0.1) is 5.10 Å². The van der Waals surface area contributed by atoms with E-state index in [1.54, 1.807) is 35.2 Å².